The molecule has 1 fully saturated rings. The molecule has 0 saturated carbocycles. The van der Waals surface area contributed by atoms with Gasteiger partial charge in [0.1, 0.15) is 24.1 Å². The van der Waals surface area contributed by atoms with E-state index in [1.807, 2.05) is 24.3 Å². The molecule has 0 radical (unpaired) electrons. The smallest absolute Gasteiger partial charge is 0.195 e. The molecule has 1 aliphatic rings. The van der Waals surface area contributed by atoms with Crippen LogP contribution in [-0.2, 0) is 4.74 Å². The fourth-order valence-electron chi connectivity index (χ4n) is 4.16. The highest BCUT2D eigenvalue weighted by atomic mass is 16.7. The molecule has 0 bridgehead atoms. The predicted molar refractivity (Wildman–Crippen MR) is 105 cm³/mol. The summed E-state index contributed by atoms with van der Waals surface area (Å²) in [6.07, 6.45) is -6.49. The van der Waals surface area contributed by atoms with Gasteiger partial charge in [-0.2, -0.15) is 0 Å². The maximum absolute atomic E-state index is 10.4. The van der Waals surface area contributed by atoms with E-state index < -0.39 is 37.3 Å². The monoisotopic (exact) mass is 380 g/mol. The van der Waals surface area contributed by atoms with E-state index in [4.69, 9.17) is 9.47 Å². The van der Waals surface area contributed by atoms with Gasteiger partial charge in [0.25, 0.3) is 0 Å². The van der Waals surface area contributed by atoms with Crippen LogP contribution >= 0.6 is 0 Å². The highest BCUT2D eigenvalue weighted by molar-refractivity contribution is 6.24. The summed E-state index contributed by atoms with van der Waals surface area (Å²) in [6, 6.07) is 17.9. The van der Waals surface area contributed by atoms with Gasteiger partial charge in [0.2, 0.25) is 0 Å². The lowest BCUT2D eigenvalue weighted by molar-refractivity contribution is -0.280. The van der Waals surface area contributed by atoms with E-state index in [2.05, 4.69) is 24.3 Å². The Hall–Kier alpha value is -2.48. The first-order valence-electron chi connectivity index (χ1n) is 9.22. The number of hydrogen-bond donors (Lipinski definition) is 4. The minimum Gasteiger partial charge on any atom is -0.482 e. The normalized spacial score (nSPS) is 28.4. The Labute approximate surface area is 160 Å². The first-order valence-corrected chi connectivity index (χ1v) is 9.22. The van der Waals surface area contributed by atoms with Crippen LogP contribution in [0.2, 0.25) is 0 Å². The van der Waals surface area contributed by atoms with Gasteiger partial charge < -0.3 is 29.9 Å². The number of rotatable bonds is 3. The van der Waals surface area contributed by atoms with Crippen molar-refractivity contribution in [2.45, 2.75) is 30.7 Å². The summed E-state index contributed by atoms with van der Waals surface area (Å²) in [4.78, 5) is 0. The molecule has 4 aromatic rings. The van der Waals surface area contributed by atoms with Crippen molar-refractivity contribution in [3.8, 4) is 5.75 Å². The van der Waals surface area contributed by atoms with Crippen LogP contribution in [0.25, 0.3) is 32.3 Å². The van der Waals surface area contributed by atoms with E-state index in [1.165, 1.54) is 0 Å². The summed E-state index contributed by atoms with van der Waals surface area (Å²) in [5, 5.41) is 46.3. The largest absolute Gasteiger partial charge is 0.482 e. The molecule has 1 saturated heterocycles. The zero-order chi connectivity index (χ0) is 19.4. The molecule has 0 spiro atoms. The third-order valence-corrected chi connectivity index (χ3v) is 5.59. The minimum atomic E-state index is -1.48. The van der Waals surface area contributed by atoms with Gasteiger partial charge in [-0.15, -0.1) is 0 Å². The molecule has 5 rings (SSSR count). The van der Waals surface area contributed by atoms with Crippen molar-refractivity contribution in [1.29, 1.82) is 0 Å². The van der Waals surface area contributed by atoms with Gasteiger partial charge in [-0.05, 0) is 33.7 Å². The Morgan fingerprint density at radius 2 is 1.43 bits per heavy atom. The molecule has 4 N–H and O–H groups in total. The fraction of sp³-hybridized carbons (Fsp3) is 0.273. The highest BCUT2D eigenvalue weighted by Gasteiger charge is 2.45. The first kappa shape index (κ1) is 17.6. The number of aliphatic hydroxyl groups is 4. The second kappa shape index (κ2) is 6.55. The molecule has 4 aromatic carbocycles. The van der Waals surface area contributed by atoms with E-state index in [-0.39, 0.29) is 0 Å². The van der Waals surface area contributed by atoms with Crippen LogP contribution in [-0.4, -0.2) is 57.7 Å². The molecule has 1 heterocycles. The average Bonchev–Trinajstić information content (AvgIpc) is 2.72. The molecule has 28 heavy (non-hydrogen) atoms. The molecular weight excluding hydrogens is 360 g/mol. The molecule has 1 aliphatic heterocycles. The Balaban J connectivity index is 1.62. The Kier molecular flexibility index (Phi) is 4.12. The summed E-state index contributed by atoms with van der Waals surface area (Å²) in [5.74, 6) is 0.479. The van der Waals surface area contributed by atoms with E-state index in [9.17, 15) is 20.4 Å². The zero-order valence-corrected chi connectivity index (χ0v) is 14.9. The zero-order valence-electron chi connectivity index (χ0n) is 14.9. The van der Waals surface area contributed by atoms with Gasteiger partial charge in [-0.25, -0.2) is 0 Å². The summed E-state index contributed by atoms with van der Waals surface area (Å²) in [7, 11) is 0. The second-order valence-electron chi connectivity index (χ2n) is 7.23. The summed E-state index contributed by atoms with van der Waals surface area (Å²) >= 11 is 0. The van der Waals surface area contributed by atoms with Crippen molar-refractivity contribution in [2.75, 3.05) is 6.61 Å². The number of hydrogen-bond acceptors (Lipinski definition) is 6. The van der Waals surface area contributed by atoms with Crippen molar-refractivity contribution in [2.24, 2.45) is 0 Å². The van der Waals surface area contributed by atoms with Crippen LogP contribution < -0.4 is 4.74 Å². The summed E-state index contributed by atoms with van der Waals surface area (Å²) in [6.45, 7) is -0.513. The lowest BCUT2D eigenvalue weighted by atomic mass is 9.94. The van der Waals surface area contributed by atoms with Gasteiger partial charge in [0, 0.05) is 10.8 Å². The van der Waals surface area contributed by atoms with Crippen molar-refractivity contribution in [1.82, 2.24) is 0 Å². The number of ether oxygens (including phenoxy) is 2. The molecule has 0 aliphatic carbocycles. The van der Waals surface area contributed by atoms with Gasteiger partial charge in [-0.3, -0.25) is 0 Å². The second-order valence-corrected chi connectivity index (χ2v) is 7.23. The molecule has 6 nitrogen and oxygen atoms in total. The van der Waals surface area contributed by atoms with Crippen LogP contribution in [0.1, 0.15) is 0 Å². The summed E-state index contributed by atoms with van der Waals surface area (Å²) in [5.41, 5.74) is 0. The maximum Gasteiger partial charge on any atom is 0.195 e. The van der Waals surface area contributed by atoms with Crippen molar-refractivity contribution < 1.29 is 29.9 Å². The molecule has 0 aromatic heterocycles. The van der Waals surface area contributed by atoms with Gasteiger partial charge in [0.15, 0.2) is 12.4 Å². The molecule has 0 amide bonds. The van der Waals surface area contributed by atoms with Gasteiger partial charge in [-0.1, -0.05) is 42.5 Å². The quantitative estimate of drug-likeness (QED) is 0.404. The standard InChI is InChI=1S/C22H20O6/c23-10-16-19(24)20(25)21(22(26)28-16)27-15-9-7-13-5-4-11-2-1-3-12-6-8-14(15)18(13)17(11)12/h1-9,16,19-26H,10H2/t16-,19+,20+,21-,22-/m1/s1. The fourth-order valence-corrected chi connectivity index (χ4v) is 4.16. The van der Waals surface area contributed by atoms with Crippen LogP contribution in [0.4, 0.5) is 0 Å². The average molecular weight is 380 g/mol. The molecule has 144 valence electrons. The van der Waals surface area contributed by atoms with E-state index >= 15 is 0 Å². The minimum absolute atomic E-state index is 0.479. The Morgan fingerprint density at radius 1 is 0.786 bits per heavy atom. The van der Waals surface area contributed by atoms with E-state index in [0.29, 0.717) is 5.75 Å². The van der Waals surface area contributed by atoms with Gasteiger partial charge in [0.05, 0.1) is 6.61 Å². The third-order valence-electron chi connectivity index (χ3n) is 5.59. The molecular formula is C22H20O6. The number of benzene rings is 4. The predicted octanol–water partition coefficient (Wildman–Crippen LogP) is 1.76. The van der Waals surface area contributed by atoms with Gasteiger partial charge >= 0.3 is 0 Å². The van der Waals surface area contributed by atoms with E-state index in [1.54, 1.807) is 6.07 Å². The SMILES string of the molecule is OC[C@H]1O[C@@H](O)[C@H](Oc2ccc3ccc4cccc5ccc2c3c45)[C@@H](O)[C@H]1O. The van der Waals surface area contributed by atoms with E-state index in [0.717, 1.165) is 32.3 Å². The lowest BCUT2D eigenvalue weighted by Crippen LogP contribution is -2.60. The molecule has 5 atom stereocenters. The maximum atomic E-state index is 10.4. The van der Waals surface area contributed by atoms with Crippen molar-refractivity contribution in [3.05, 3.63) is 54.6 Å². The topological polar surface area (TPSA) is 99.4 Å². The highest BCUT2D eigenvalue weighted by Crippen LogP contribution is 2.39. The van der Waals surface area contributed by atoms with Crippen molar-refractivity contribution in [3.63, 3.8) is 0 Å². The third kappa shape index (κ3) is 2.54. The Bertz CT molecular complexity index is 1130. The van der Waals surface area contributed by atoms with Crippen LogP contribution in [0.15, 0.2) is 54.6 Å². The van der Waals surface area contributed by atoms with Crippen LogP contribution in [0.5, 0.6) is 5.75 Å². The first-order chi connectivity index (χ1) is 13.6. The molecule has 6 heteroatoms. The van der Waals surface area contributed by atoms with Crippen LogP contribution in [0.3, 0.4) is 0 Å². The lowest BCUT2D eigenvalue weighted by Gasteiger charge is -2.40. The molecule has 0 unspecified atom stereocenters. The van der Waals surface area contributed by atoms with Crippen molar-refractivity contribution >= 4 is 32.3 Å². The van der Waals surface area contributed by atoms with Crippen LogP contribution in [0, 0.1) is 0 Å². The number of aliphatic hydroxyl groups excluding tert-OH is 4. The Morgan fingerprint density at radius 3 is 2.14 bits per heavy atom. The summed E-state index contributed by atoms with van der Waals surface area (Å²) < 4.78 is 11.1.